The summed E-state index contributed by atoms with van der Waals surface area (Å²) in [5.41, 5.74) is 1.78. The molecule has 2 rings (SSSR count). The lowest BCUT2D eigenvalue weighted by atomic mass is 10.1. The van der Waals surface area contributed by atoms with Crippen LogP contribution in [0, 0.1) is 5.82 Å². The molecule has 24 heavy (non-hydrogen) atoms. The molecule has 128 valence electrons. The van der Waals surface area contributed by atoms with E-state index in [2.05, 4.69) is 10.6 Å². The largest absolute Gasteiger partial charge is 0.492 e. The number of ether oxygens (including phenoxy) is 1. The third-order valence-corrected chi connectivity index (χ3v) is 3.58. The summed E-state index contributed by atoms with van der Waals surface area (Å²) >= 11 is 0. The fourth-order valence-corrected chi connectivity index (χ4v) is 2.30. The minimum Gasteiger partial charge on any atom is -0.492 e. The highest BCUT2D eigenvalue weighted by Gasteiger charge is 2.14. The Morgan fingerprint density at radius 2 is 1.88 bits per heavy atom. The molecule has 2 aromatic carbocycles. The highest BCUT2D eigenvalue weighted by atomic mass is 19.1. The molecule has 0 bridgehead atoms. The zero-order valence-electron chi connectivity index (χ0n) is 14.0. The molecule has 0 aliphatic heterocycles. The molecule has 2 N–H and O–H groups in total. The van der Waals surface area contributed by atoms with Crippen molar-refractivity contribution in [1.82, 2.24) is 5.32 Å². The summed E-state index contributed by atoms with van der Waals surface area (Å²) in [6, 6.07) is 13.4. The van der Waals surface area contributed by atoms with Crippen molar-refractivity contribution >= 4 is 11.6 Å². The van der Waals surface area contributed by atoms with Crippen molar-refractivity contribution in [3.63, 3.8) is 0 Å². The molecule has 0 saturated carbocycles. The number of nitrogens with one attached hydrogen (secondary N) is 2. The summed E-state index contributed by atoms with van der Waals surface area (Å²) in [6.45, 7) is 4.79. The number of hydrogen-bond donors (Lipinski definition) is 2. The van der Waals surface area contributed by atoms with E-state index in [0.717, 1.165) is 17.0 Å². The number of amides is 1. The van der Waals surface area contributed by atoms with Gasteiger partial charge in [0.1, 0.15) is 17.6 Å². The molecule has 0 saturated heterocycles. The number of benzene rings is 2. The molecule has 0 radical (unpaired) electrons. The zero-order chi connectivity index (χ0) is 17.4. The minimum atomic E-state index is -0.389. The fourth-order valence-electron chi connectivity index (χ4n) is 2.30. The predicted molar refractivity (Wildman–Crippen MR) is 93.8 cm³/mol. The molecular weight excluding hydrogens is 307 g/mol. The third kappa shape index (κ3) is 5.26. The van der Waals surface area contributed by atoms with Gasteiger partial charge in [0.05, 0.1) is 12.3 Å². The number of carbonyl (C=O) groups is 1. The normalized spacial score (nSPS) is 11.6. The summed E-state index contributed by atoms with van der Waals surface area (Å²) < 4.78 is 18.4. The topological polar surface area (TPSA) is 50.4 Å². The van der Waals surface area contributed by atoms with E-state index < -0.39 is 0 Å². The van der Waals surface area contributed by atoms with Crippen LogP contribution in [0.25, 0.3) is 0 Å². The lowest BCUT2D eigenvalue weighted by Gasteiger charge is -2.17. The summed E-state index contributed by atoms with van der Waals surface area (Å²) in [6.07, 6.45) is 0.661. The first-order valence-electron chi connectivity index (χ1n) is 8.10. The molecule has 2 aromatic rings. The van der Waals surface area contributed by atoms with E-state index in [1.807, 2.05) is 31.2 Å². The van der Waals surface area contributed by atoms with Gasteiger partial charge in [-0.3, -0.25) is 4.79 Å². The molecule has 0 aliphatic rings. The van der Waals surface area contributed by atoms with Crippen LogP contribution in [0.1, 0.15) is 19.4 Å². The predicted octanol–water partition coefficient (Wildman–Crippen LogP) is 3.38. The van der Waals surface area contributed by atoms with Crippen molar-refractivity contribution in [2.45, 2.75) is 26.3 Å². The van der Waals surface area contributed by atoms with Gasteiger partial charge in [-0.1, -0.05) is 24.3 Å². The molecule has 1 amide bonds. The first-order chi connectivity index (χ1) is 11.6. The Kier molecular flexibility index (Phi) is 6.61. The Hall–Kier alpha value is -2.56. The van der Waals surface area contributed by atoms with E-state index in [4.69, 9.17) is 4.74 Å². The van der Waals surface area contributed by atoms with Gasteiger partial charge in [0, 0.05) is 6.54 Å². The van der Waals surface area contributed by atoms with Crippen LogP contribution in [0.5, 0.6) is 5.75 Å². The van der Waals surface area contributed by atoms with Crippen LogP contribution in [0.3, 0.4) is 0 Å². The monoisotopic (exact) mass is 330 g/mol. The smallest absolute Gasteiger partial charge is 0.242 e. The van der Waals surface area contributed by atoms with Crippen molar-refractivity contribution in [2.24, 2.45) is 0 Å². The number of halogens is 1. The Balaban J connectivity index is 1.83. The molecule has 0 unspecified atom stereocenters. The van der Waals surface area contributed by atoms with Gasteiger partial charge < -0.3 is 15.4 Å². The zero-order valence-corrected chi connectivity index (χ0v) is 14.0. The van der Waals surface area contributed by atoms with Crippen LogP contribution in [-0.4, -0.2) is 25.1 Å². The summed E-state index contributed by atoms with van der Waals surface area (Å²) in [4.78, 5) is 12.2. The second-order valence-electron chi connectivity index (χ2n) is 5.46. The van der Waals surface area contributed by atoms with Gasteiger partial charge in [-0.05, 0) is 50.1 Å². The summed E-state index contributed by atoms with van der Waals surface area (Å²) in [5.74, 6) is 0.378. The Morgan fingerprint density at radius 1 is 1.17 bits per heavy atom. The Labute approximate surface area is 142 Å². The highest BCUT2D eigenvalue weighted by Crippen LogP contribution is 2.24. The van der Waals surface area contributed by atoms with E-state index in [0.29, 0.717) is 19.6 Å². The Morgan fingerprint density at radius 3 is 2.58 bits per heavy atom. The van der Waals surface area contributed by atoms with Gasteiger partial charge in [-0.15, -0.1) is 0 Å². The number of rotatable bonds is 8. The quantitative estimate of drug-likeness (QED) is 0.780. The molecule has 0 aliphatic carbocycles. The van der Waals surface area contributed by atoms with E-state index in [9.17, 15) is 9.18 Å². The van der Waals surface area contributed by atoms with Crippen molar-refractivity contribution in [1.29, 1.82) is 0 Å². The summed E-state index contributed by atoms with van der Waals surface area (Å²) in [5, 5.41) is 6.05. The third-order valence-electron chi connectivity index (χ3n) is 3.58. The minimum absolute atomic E-state index is 0.0941. The second-order valence-corrected chi connectivity index (χ2v) is 5.46. The molecule has 1 atom stereocenters. The summed E-state index contributed by atoms with van der Waals surface area (Å²) in [7, 11) is 0. The number of hydrogen-bond acceptors (Lipinski definition) is 3. The molecule has 5 heteroatoms. The van der Waals surface area contributed by atoms with Gasteiger partial charge in [0.25, 0.3) is 0 Å². The maximum atomic E-state index is 12.8. The maximum Gasteiger partial charge on any atom is 0.242 e. The van der Waals surface area contributed by atoms with Gasteiger partial charge in [-0.25, -0.2) is 4.39 Å². The Bertz CT molecular complexity index is 659. The maximum absolute atomic E-state index is 12.8. The van der Waals surface area contributed by atoms with Gasteiger partial charge in [0.2, 0.25) is 5.91 Å². The first-order valence-corrected chi connectivity index (χ1v) is 8.10. The van der Waals surface area contributed by atoms with Gasteiger partial charge in [0.15, 0.2) is 0 Å². The second kappa shape index (κ2) is 8.91. The number of para-hydroxylation sites is 2. The first kappa shape index (κ1) is 17.8. The molecule has 0 aromatic heterocycles. The van der Waals surface area contributed by atoms with Crippen LogP contribution in [-0.2, 0) is 11.2 Å². The van der Waals surface area contributed by atoms with Crippen LogP contribution in [0.2, 0.25) is 0 Å². The fraction of sp³-hybridized carbons (Fsp3) is 0.316. The highest BCUT2D eigenvalue weighted by molar-refractivity contribution is 5.84. The lowest BCUT2D eigenvalue weighted by Crippen LogP contribution is -2.38. The number of carbonyl (C=O) groups excluding carboxylic acids is 1. The molecule has 0 fully saturated rings. The van der Waals surface area contributed by atoms with Crippen molar-refractivity contribution in [3.8, 4) is 5.75 Å². The van der Waals surface area contributed by atoms with Crippen LogP contribution in [0.15, 0.2) is 48.5 Å². The molecule has 4 nitrogen and oxygen atoms in total. The molecule has 0 spiro atoms. The van der Waals surface area contributed by atoms with Crippen molar-refractivity contribution in [2.75, 3.05) is 18.5 Å². The van der Waals surface area contributed by atoms with E-state index in [1.165, 1.54) is 12.1 Å². The average molecular weight is 330 g/mol. The number of anilines is 1. The van der Waals surface area contributed by atoms with Crippen LogP contribution in [0.4, 0.5) is 10.1 Å². The SMILES string of the molecule is CCOc1ccccc1N[C@H](C)C(=O)NCCc1ccc(F)cc1. The standard InChI is InChI=1S/C19H23FN2O2/c1-3-24-18-7-5-4-6-17(18)22-14(2)19(23)21-13-12-15-8-10-16(20)11-9-15/h4-11,14,22H,3,12-13H2,1-2H3,(H,21,23)/t14-/m1/s1. The van der Waals surface area contributed by atoms with Crippen molar-refractivity contribution < 1.29 is 13.9 Å². The lowest BCUT2D eigenvalue weighted by molar-refractivity contribution is -0.121. The van der Waals surface area contributed by atoms with E-state index >= 15 is 0 Å². The van der Waals surface area contributed by atoms with E-state index in [1.54, 1.807) is 19.1 Å². The van der Waals surface area contributed by atoms with Gasteiger partial charge >= 0.3 is 0 Å². The van der Waals surface area contributed by atoms with Crippen LogP contribution >= 0.6 is 0 Å². The van der Waals surface area contributed by atoms with E-state index in [-0.39, 0.29) is 17.8 Å². The molecular formula is C19H23FN2O2. The van der Waals surface area contributed by atoms with Crippen LogP contribution < -0.4 is 15.4 Å². The van der Waals surface area contributed by atoms with Gasteiger partial charge in [-0.2, -0.15) is 0 Å². The van der Waals surface area contributed by atoms with Crippen molar-refractivity contribution in [3.05, 3.63) is 59.9 Å². The molecule has 0 heterocycles. The average Bonchev–Trinajstić information content (AvgIpc) is 2.58.